The summed E-state index contributed by atoms with van der Waals surface area (Å²) in [5.41, 5.74) is 5.64. The van der Waals surface area contributed by atoms with Crippen LogP contribution in [0.3, 0.4) is 0 Å². The zero-order chi connectivity index (χ0) is 27.2. The minimum Gasteiger partial charge on any atom is -0.258 e. The van der Waals surface area contributed by atoms with E-state index in [1.54, 1.807) is 12.5 Å². The molecule has 2 aromatic heterocycles. The van der Waals surface area contributed by atoms with Crippen molar-refractivity contribution in [2.24, 2.45) is 5.41 Å². The predicted octanol–water partition coefficient (Wildman–Crippen LogP) is 9.99. The van der Waals surface area contributed by atoms with Crippen molar-refractivity contribution in [3.8, 4) is 11.8 Å². The second-order valence-electron chi connectivity index (χ2n) is 12.0. The Kier molecular flexibility index (Phi) is 10.8. The van der Waals surface area contributed by atoms with Gasteiger partial charge in [-0.2, -0.15) is 0 Å². The highest BCUT2D eigenvalue weighted by molar-refractivity contribution is 7.15. The number of aryl methyl sites for hydroxylation is 1. The number of nitro groups is 1. The van der Waals surface area contributed by atoms with Gasteiger partial charge in [0.15, 0.2) is 0 Å². The molecule has 1 aliphatic rings. The predicted molar refractivity (Wildman–Crippen MR) is 156 cm³/mol. The van der Waals surface area contributed by atoms with E-state index in [0.29, 0.717) is 16.4 Å². The largest absolute Gasteiger partial charge is 0.339 e. The molecule has 3 nitrogen and oxygen atoms in total. The fourth-order valence-electron chi connectivity index (χ4n) is 3.43. The van der Waals surface area contributed by atoms with Gasteiger partial charge in [-0.3, -0.25) is 10.1 Å². The second-order valence-corrected chi connectivity index (χ2v) is 14.0. The highest BCUT2D eigenvalue weighted by Crippen LogP contribution is 2.37. The summed E-state index contributed by atoms with van der Waals surface area (Å²) in [6.45, 7) is 25.7. The maximum absolute atomic E-state index is 10.8. The maximum Gasteiger partial charge on any atom is 0.339 e. The minimum atomic E-state index is -0.362. The van der Waals surface area contributed by atoms with Crippen molar-refractivity contribution in [3.05, 3.63) is 71.8 Å². The zero-order valence-electron chi connectivity index (χ0n) is 23.7. The van der Waals surface area contributed by atoms with Crippen LogP contribution in [0.4, 0.5) is 5.00 Å². The third kappa shape index (κ3) is 9.78. The van der Waals surface area contributed by atoms with Crippen LogP contribution in [0.15, 0.2) is 40.8 Å². The molecule has 0 saturated heterocycles. The number of hydrogen-bond acceptors (Lipinski definition) is 4. The van der Waals surface area contributed by atoms with Gasteiger partial charge in [0.2, 0.25) is 0 Å². The Morgan fingerprint density at radius 3 is 1.83 bits per heavy atom. The Bertz CT molecular complexity index is 1130. The summed E-state index contributed by atoms with van der Waals surface area (Å²) in [6, 6.07) is 4.00. The summed E-state index contributed by atoms with van der Waals surface area (Å²) in [6.07, 6.45) is 5.67. The molecule has 5 heteroatoms. The molecule has 35 heavy (non-hydrogen) atoms. The van der Waals surface area contributed by atoms with Crippen molar-refractivity contribution in [1.82, 2.24) is 0 Å². The number of rotatable bonds is 1. The molecule has 0 amide bonds. The normalized spacial score (nSPS) is 13.4. The van der Waals surface area contributed by atoms with Gasteiger partial charge < -0.3 is 0 Å². The van der Waals surface area contributed by atoms with E-state index in [1.165, 1.54) is 33.8 Å². The molecule has 0 fully saturated rings. The summed E-state index contributed by atoms with van der Waals surface area (Å²) in [5, 5.41) is 13.1. The van der Waals surface area contributed by atoms with Crippen LogP contribution in [0, 0.1) is 34.3 Å². The first-order valence-electron chi connectivity index (χ1n) is 12.0. The van der Waals surface area contributed by atoms with Crippen LogP contribution in [0.1, 0.15) is 103 Å². The Hall–Kier alpha value is -2.16. The lowest BCUT2D eigenvalue weighted by Crippen LogP contribution is -2.09. The van der Waals surface area contributed by atoms with Gasteiger partial charge in [0.1, 0.15) is 5.56 Å². The van der Waals surface area contributed by atoms with Gasteiger partial charge in [-0.25, -0.2) is 0 Å². The molecule has 0 atom stereocenters. The average Bonchev–Trinajstić information content (AvgIpc) is 3.41. The number of hydrogen-bond donors (Lipinski definition) is 0. The van der Waals surface area contributed by atoms with Crippen molar-refractivity contribution < 1.29 is 4.92 Å². The van der Waals surface area contributed by atoms with Crippen molar-refractivity contribution in [1.29, 1.82) is 0 Å². The number of nitrogens with zero attached hydrogens (tertiary/aromatic N) is 1. The molecule has 0 radical (unpaired) electrons. The van der Waals surface area contributed by atoms with Gasteiger partial charge in [-0.1, -0.05) is 103 Å². The lowest BCUT2D eigenvalue weighted by molar-refractivity contribution is -0.380. The molecular formula is C30H43NO2S2. The summed E-state index contributed by atoms with van der Waals surface area (Å²) < 4.78 is 0. The van der Waals surface area contributed by atoms with Crippen LogP contribution < -0.4 is 0 Å². The van der Waals surface area contributed by atoms with Gasteiger partial charge in [0, 0.05) is 9.75 Å². The molecule has 0 unspecified atom stereocenters. The summed E-state index contributed by atoms with van der Waals surface area (Å²) in [5.74, 6) is 5.46. The average molecular weight is 514 g/mol. The molecule has 2 aromatic rings. The Morgan fingerprint density at radius 2 is 1.54 bits per heavy atom. The number of thiophene rings is 2. The van der Waals surface area contributed by atoms with E-state index in [1.807, 2.05) is 38.2 Å². The first kappa shape index (κ1) is 30.9. The molecule has 0 bridgehead atoms. The summed E-state index contributed by atoms with van der Waals surface area (Å²) in [7, 11) is 0. The van der Waals surface area contributed by atoms with Gasteiger partial charge in [-0.15, -0.1) is 17.3 Å². The number of allylic oxidation sites excluding steroid dienone is 4. The van der Waals surface area contributed by atoms with Crippen LogP contribution >= 0.6 is 22.7 Å². The van der Waals surface area contributed by atoms with Crippen molar-refractivity contribution in [2.45, 2.75) is 100 Å². The summed E-state index contributed by atoms with van der Waals surface area (Å²) in [4.78, 5) is 12.9. The molecule has 0 N–H and O–H groups in total. The van der Waals surface area contributed by atoms with Gasteiger partial charge in [0.25, 0.3) is 0 Å². The molecule has 192 valence electrons. The van der Waals surface area contributed by atoms with Crippen LogP contribution in [-0.2, 0) is 10.8 Å². The standard InChI is InChI=1S/C11H13NO2S.C10H16.C9H14S/c1-5-6-8-7-9(11(2,3)4)15-10(8)12(13)14;1-8-5-6-9(7-8)10(2,3)4;1-7-5-6-10-8(7)9(2,3)4/h7H,1-4H3;5-6H,7H2,1-4H3;5-6H,1-4H3. The van der Waals surface area contributed by atoms with Crippen LogP contribution in [-0.4, -0.2) is 4.92 Å². The lowest BCUT2D eigenvalue weighted by atomic mass is 9.85. The van der Waals surface area contributed by atoms with Gasteiger partial charge in [0.05, 0.1) is 4.92 Å². The highest BCUT2D eigenvalue weighted by Gasteiger charge is 2.24. The molecule has 2 heterocycles. The van der Waals surface area contributed by atoms with Gasteiger partial charge in [-0.05, 0) is 66.5 Å². The SMILES string of the molecule is CC#Cc1cc(C(C)(C)C)sc1[N+](=O)[O-].CC1=CC=C(C(C)(C)C)C1.Cc1ccsc1C(C)(C)C. The monoisotopic (exact) mass is 513 g/mol. The van der Waals surface area contributed by atoms with E-state index in [-0.39, 0.29) is 15.3 Å². The van der Waals surface area contributed by atoms with E-state index in [4.69, 9.17) is 0 Å². The third-order valence-corrected chi connectivity index (χ3v) is 8.38. The summed E-state index contributed by atoms with van der Waals surface area (Å²) >= 11 is 3.07. The smallest absolute Gasteiger partial charge is 0.258 e. The van der Waals surface area contributed by atoms with E-state index >= 15 is 0 Å². The first-order valence-corrected chi connectivity index (χ1v) is 13.7. The Labute approximate surface area is 221 Å². The molecule has 0 spiro atoms. The fourth-order valence-corrected chi connectivity index (χ4v) is 5.43. The second kappa shape index (κ2) is 12.2. The van der Waals surface area contributed by atoms with E-state index in [0.717, 1.165) is 4.88 Å². The first-order chi connectivity index (χ1) is 15.9. The van der Waals surface area contributed by atoms with Crippen LogP contribution in [0.5, 0.6) is 0 Å². The molecule has 0 aromatic carbocycles. The van der Waals surface area contributed by atoms with Crippen molar-refractivity contribution in [2.75, 3.05) is 0 Å². The zero-order valence-corrected chi connectivity index (χ0v) is 25.3. The Morgan fingerprint density at radius 1 is 0.943 bits per heavy atom. The quantitative estimate of drug-likeness (QED) is 0.216. The van der Waals surface area contributed by atoms with Crippen molar-refractivity contribution in [3.63, 3.8) is 0 Å². The molecule has 0 aliphatic heterocycles. The van der Waals surface area contributed by atoms with Gasteiger partial charge >= 0.3 is 5.00 Å². The topological polar surface area (TPSA) is 43.1 Å². The maximum atomic E-state index is 10.8. The van der Waals surface area contributed by atoms with E-state index in [2.05, 4.69) is 90.8 Å². The third-order valence-electron chi connectivity index (χ3n) is 5.42. The molecule has 1 aliphatic carbocycles. The van der Waals surface area contributed by atoms with Crippen LogP contribution in [0.25, 0.3) is 0 Å². The van der Waals surface area contributed by atoms with Crippen molar-refractivity contribution >= 4 is 27.7 Å². The van der Waals surface area contributed by atoms with E-state index < -0.39 is 0 Å². The minimum absolute atomic E-state index is 0.0664. The molecule has 0 saturated carbocycles. The molecule has 3 rings (SSSR count). The lowest BCUT2D eigenvalue weighted by Gasteiger charge is -2.20. The fraction of sp³-hybridized carbons (Fsp3) is 0.533. The molecular weight excluding hydrogens is 470 g/mol. The highest BCUT2D eigenvalue weighted by atomic mass is 32.1. The van der Waals surface area contributed by atoms with Crippen LogP contribution in [0.2, 0.25) is 0 Å². The Balaban J connectivity index is 0.000000271. The van der Waals surface area contributed by atoms with E-state index in [9.17, 15) is 10.1 Å².